The fraction of sp³-hybridized carbons (Fsp3) is 0.316. The number of carboxylic acids is 1. The molecule has 3 heteroatoms. The van der Waals surface area contributed by atoms with E-state index in [0.29, 0.717) is 5.92 Å². The second-order valence-electron chi connectivity index (χ2n) is 5.84. The highest BCUT2D eigenvalue weighted by Gasteiger charge is 2.15. The Bertz CT molecular complexity index is 527. The monoisotopic (exact) mass is 297 g/mol. The second-order valence-corrected chi connectivity index (χ2v) is 5.84. The Morgan fingerprint density at radius 2 is 1.41 bits per heavy atom. The number of carboxylic acid groups (broad SMARTS) is 1. The summed E-state index contributed by atoms with van der Waals surface area (Å²) in [6.07, 6.45) is 1.92. The van der Waals surface area contributed by atoms with E-state index in [4.69, 9.17) is 5.11 Å². The summed E-state index contributed by atoms with van der Waals surface area (Å²) in [5.41, 5.74) is 2.60. The molecule has 0 amide bonds. The van der Waals surface area contributed by atoms with Crippen LogP contribution < -0.4 is 0 Å². The highest BCUT2D eigenvalue weighted by Crippen LogP contribution is 2.16. The van der Waals surface area contributed by atoms with E-state index in [1.807, 2.05) is 24.1 Å². The Morgan fingerprint density at radius 1 is 0.955 bits per heavy atom. The van der Waals surface area contributed by atoms with Gasteiger partial charge in [-0.25, -0.2) is 0 Å². The molecule has 0 fully saturated rings. The van der Waals surface area contributed by atoms with Gasteiger partial charge in [-0.05, 0) is 36.9 Å². The van der Waals surface area contributed by atoms with Crippen molar-refractivity contribution in [1.29, 1.82) is 0 Å². The van der Waals surface area contributed by atoms with Gasteiger partial charge >= 0.3 is 5.97 Å². The summed E-state index contributed by atoms with van der Waals surface area (Å²) in [5.74, 6) is -0.380. The Morgan fingerprint density at radius 3 is 1.82 bits per heavy atom. The van der Waals surface area contributed by atoms with Gasteiger partial charge in [0.1, 0.15) is 0 Å². The summed E-state index contributed by atoms with van der Waals surface area (Å²) in [6.45, 7) is 0.857. The maximum atomic E-state index is 10.9. The molecule has 2 aromatic carbocycles. The van der Waals surface area contributed by atoms with Gasteiger partial charge in [-0.15, -0.1) is 0 Å². The molecule has 0 heterocycles. The van der Waals surface area contributed by atoms with Crippen LogP contribution in [0.5, 0.6) is 0 Å². The van der Waals surface area contributed by atoms with Gasteiger partial charge in [-0.3, -0.25) is 9.69 Å². The molecule has 116 valence electrons. The number of rotatable bonds is 8. The molecule has 0 atom stereocenters. The second kappa shape index (κ2) is 8.35. The van der Waals surface area contributed by atoms with Crippen LogP contribution in [0.2, 0.25) is 0 Å². The maximum absolute atomic E-state index is 10.9. The normalized spacial score (nSPS) is 11.0. The standard InChI is InChI=1S/C19H23NO2/c1-20(15-19(21)22)14-18(12-16-8-4-2-5-9-16)13-17-10-6-3-7-11-17/h2-11,18H,12-15H2,1H3,(H,21,22). The average molecular weight is 297 g/mol. The Hall–Kier alpha value is -2.13. The van der Waals surface area contributed by atoms with E-state index in [1.54, 1.807) is 0 Å². The van der Waals surface area contributed by atoms with Crippen molar-refractivity contribution < 1.29 is 9.90 Å². The van der Waals surface area contributed by atoms with Gasteiger partial charge < -0.3 is 5.11 Å². The molecule has 0 radical (unpaired) electrons. The lowest BCUT2D eigenvalue weighted by molar-refractivity contribution is -0.138. The molecule has 0 aromatic heterocycles. The molecular weight excluding hydrogens is 274 g/mol. The zero-order chi connectivity index (χ0) is 15.8. The molecular formula is C19H23NO2. The Balaban J connectivity index is 2.04. The van der Waals surface area contributed by atoms with Gasteiger partial charge in [-0.2, -0.15) is 0 Å². The van der Waals surface area contributed by atoms with Crippen molar-refractivity contribution in [2.24, 2.45) is 5.92 Å². The van der Waals surface area contributed by atoms with Crippen LogP contribution in [0, 0.1) is 5.92 Å². The first-order valence-corrected chi connectivity index (χ1v) is 7.61. The third kappa shape index (κ3) is 5.70. The van der Waals surface area contributed by atoms with E-state index >= 15 is 0 Å². The SMILES string of the molecule is CN(CC(=O)O)CC(Cc1ccccc1)Cc1ccccc1. The van der Waals surface area contributed by atoms with Gasteiger partial charge in [-0.1, -0.05) is 60.7 Å². The van der Waals surface area contributed by atoms with E-state index in [-0.39, 0.29) is 6.54 Å². The molecule has 22 heavy (non-hydrogen) atoms. The van der Waals surface area contributed by atoms with E-state index in [1.165, 1.54) is 11.1 Å². The van der Waals surface area contributed by atoms with Crippen molar-refractivity contribution in [3.8, 4) is 0 Å². The van der Waals surface area contributed by atoms with Crippen molar-refractivity contribution in [2.45, 2.75) is 12.8 Å². The summed E-state index contributed by atoms with van der Waals surface area (Å²) in [7, 11) is 1.87. The number of nitrogens with zero attached hydrogens (tertiary/aromatic N) is 1. The lowest BCUT2D eigenvalue weighted by atomic mass is 9.92. The van der Waals surface area contributed by atoms with Crippen LogP contribution in [-0.4, -0.2) is 36.1 Å². The molecule has 1 N–H and O–H groups in total. The molecule has 0 spiro atoms. The van der Waals surface area contributed by atoms with Gasteiger partial charge in [0.25, 0.3) is 0 Å². The van der Waals surface area contributed by atoms with E-state index in [2.05, 4.69) is 48.5 Å². The molecule has 2 rings (SSSR count). The van der Waals surface area contributed by atoms with Gasteiger partial charge in [0.05, 0.1) is 6.54 Å². The van der Waals surface area contributed by atoms with Crippen molar-refractivity contribution in [3.63, 3.8) is 0 Å². The lowest BCUT2D eigenvalue weighted by Gasteiger charge is -2.23. The number of likely N-dealkylation sites (N-methyl/N-ethyl adjacent to an activating group) is 1. The highest BCUT2D eigenvalue weighted by molar-refractivity contribution is 5.69. The summed E-state index contributed by atoms with van der Waals surface area (Å²) in [6, 6.07) is 20.8. The maximum Gasteiger partial charge on any atom is 0.317 e. The molecule has 0 bridgehead atoms. The smallest absolute Gasteiger partial charge is 0.317 e. The fourth-order valence-corrected chi connectivity index (χ4v) is 2.83. The largest absolute Gasteiger partial charge is 0.480 e. The minimum atomic E-state index is -0.777. The quantitative estimate of drug-likeness (QED) is 0.814. The number of benzene rings is 2. The summed E-state index contributed by atoms with van der Waals surface area (Å²) < 4.78 is 0. The molecule has 3 nitrogen and oxygen atoms in total. The van der Waals surface area contributed by atoms with Crippen LogP contribution in [0.25, 0.3) is 0 Å². The molecule has 0 aliphatic carbocycles. The first-order valence-electron chi connectivity index (χ1n) is 7.61. The first-order chi connectivity index (χ1) is 10.6. The molecule has 2 aromatic rings. The number of hydrogen-bond acceptors (Lipinski definition) is 2. The van der Waals surface area contributed by atoms with Crippen LogP contribution in [0.1, 0.15) is 11.1 Å². The highest BCUT2D eigenvalue weighted by atomic mass is 16.4. The van der Waals surface area contributed by atoms with Crippen molar-refractivity contribution in [2.75, 3.05) is 20.1 Å². The molecule has 0 saturated carbocycles. The number of hydrogen-bond donors (Lipinski definition) is 1. The molecule has 0 saturated heterocycles. The summed E-state index contributed by atoms with van der Waals surface area (Å²) in [5, 5.41) is 8.93. The number of carbonyl (C=O) groups is 1. The molecule has 0 unspecified atom stereocenters. The Kier molecular flexibility index (Phi) is 6.16. The molecule has 0 aliphatic rings. The average Bonchev–Trinajstić information content (AvgIpc) is 2.48. The van der Waals surface area contributed by atoms with E-state index in [0.717, 1.165) is 19.4 Å². The minimum absolute atomic E-state index is 0.0834. The van der Waals surface area contributed by atoms with Crippen LogP contribution in [-0.2, 0) is 17.6 Å². The fourth-order valence-electron chi connectivity index (χ4n) is 2.83. The lowest BCUT2D eigenvalue weighted by Crippen LogP contribution is -2.32. The summed E-state index contributed by atoms with van der Waals surface area (Å²) in [4.78, 5) is 12.8. The predicted octanol–water partition coefficient (Wildman–Crippen LogP) is 3.10. The van der Waals surface area contributed by atoms with Crippen molar-refractivity contribution >= 4 is 5.97 Å². The topological polar surface area (TPSA) is 40.5 Å². The molecule has 0 aliphatic heterocycles. The predicted molar refractivity (Wildman–Crippen MR) is 88.9 cm³/mol. The van der Waals surface area contributed by atoms with E-state index in [9.17, 15) is 4.79 Å². The van der Waals surface area contributed by atoms with Gasteiger partial charge in [0.15, 0.2) is 0 Å². The zero-order valence-corrected chi connectivity index (χ0v) is 13.0. The third-order valence-electron chi connectivity index (χ3n) is 3.71. The van der Waals surface area contributed by atoms with Crippen LogP contribution in [0.15, 0.2) is 60.7 Å². The van der Waals surface area contributed by atoms with Gasteiger partial charge in [0.2, 0.25) is 0 Å². The van der Waals surface area contributed by atoms with Crippen LogP contribution in [0.3, 0.4) is 0 Å². The van der Waals surface area contributed by atoms with Crippen LogP contribution in [0.4, 0.5) is 0 Å². The third-order valence-corrected chi connectivity index (χ3v) is 3.71. The number of aliphatic carboxylic acids is 1. The van der Waals surface area contributed by atoms with Gasteiger partial charge in [0, 0.05) is 6.54 Å². The Labute approximate surface area is 132 Å². The van der Waals surface area contributed by atoms with Crippen molar-refractivity contribution in [3.05, 3.63) is 71.8 Å². The van der Waals surface area contributed by atoms with Crippen LogP contribution >= 0.6 is 0 Å². The first kappa shape index (κ1) is 16.2. The van der Waals surface area contributed by atoms with Crippen molar-refractivity contribution in [1.82, 2.24) is 4.90 Å². The van der Waals surface area contributed by atoms with E-state index < -0.39 is 5.97 Å². The zero-order valence-electron chi connectivity index (χ0n) is 13.0. The summed E-state index contributed by atoms with van der Waals surface area (Å²) >= 11 is 0. The minimum Gasteiger partial charge on any atom is -0.480 e.